The Kier molecular flexibility index (Phi) is 6.81. The van der Waals surface area contributed by atoms with E-state index in [9.17, 15) is 4.79 Å². The highest BCUT2D eigenvalue weighted by Gasteiger charge is 2.07. The van der Waals surface area contributed by atoms with E-state index in [1.54, 1.807) is 6.92 Å². The van der Waals surface area contributed by atoms with E-state index in [0.29, 0.717) is 6.61 Å². The summed E-state index contributed by atoms with van der Waals surface area (Å²) in [6.45, 7) is 2.06. The Labute approximate surface area is 89.7 Å². The van der Waals surface area contributed by atoms with Crippen LogP contribution in [0.3, 0.4) is 0 Å². The van der Waals surface area contributed by atoms with E-state index in [-0.39, 0.29) is 0 Å². The van der Waals surface area contributed by atoms with Gasteiger partial charge < -0.3 is 16.2 Å². The largest absolute Gasteiger partial charge is 0.450 e. The third-order valence-corrected chi connectivity index (χ3v) is 1.93. The van der Waals surface area contributed by atoms with Crippen LogP contribution in [0, 0.1) is 11.3 Å². The Hall–Kier alpha value is -1.70. The minimum absolute atomic E-state index is 0.356. The van der Waals surface area contributed by atoms with Crippen LogP contribution in [-0.2, 0) is 4.74 Å². The molecule has 0 saturated heterocycles. The summed E-state index contributed by atoms with van der Waals surface area (Å²) >= 11 is 0. The second kappa shape index (κ2) is 7.68. The summed E-state index contributed by atoms with van der Waals surface area (Å²) in [5.41, 5.74) is 11.7. The maximum Gasteiger partial charge on any atom is 0.404 e. The number of nitriles is 1. The van der Waals surface area contributed by atoms with Crippen LogP contribution in [0.15, 0.2) is 11.3 Å². The van der Waals surface area contributed by atoms with Gasteiger partial charge in [0, 0.05) is 11.3 Å². The van der Waals surface area contributed by atoms with Crippen LogP contribution < -0.4 is 11.5 Å². The second-order valence-corrected chi connectivity index (χ2v) is 3.07. The molecule has 1 aliphatic carbocycles. The first-order valence-corrected chi connectivity index (χ1v) is 4.91. The molecule has 5 nitrogen and oxygen atoms in total. The van der Waals surface area contributed by atoms with Crippen LogP contribution >= 0.6 is 0 Å². The number of carbonyl (C=O) groups is 1. The number of primary amides is 1. The fourth-order valence-corrected chi connectivity index (χ4v) is 1.20. The van der Waals surface area contributed by atoms with Crippen LogP contribution in [0.5, 0.6) is 0 Å². The van der Waals surface area contributed by atoms with E-state index in [0.717, 1.165) is 37.0 Å². The maximum atomic E-state index is 9.60. The van der Waals surface area contributed by atoms with E-state index >= 15 is 0 Å². The fraction of sp³-hybridized carbons (Fsp3) is 0.600. The van der Waals surface area contributed by atoms with E-state index < -0.39 is 6.09 Å². The van der Waals surface area contributed by atoms with E-state index in [1.165, 1.54) is 0 Å². The zero-order valence-corrected chi connectivity index (χ0v) is 8.95. The summed E-state index contributed by atoms with van der Waals surface area (Å²) in [7, 11) is 0. The zero-order chi connectivity index (χ0) is 11.7. The molecule has 84 valence electrons. The van der Waals surface area contributed by atoms with Crippen LogP contribution in [0.1, 0.15) is 32.6 Å². The molecule has 15 heavy (non-hydrogen) atoms. The lowest BCUT2D eigenvalue weighted by Crippen LogP contribution is -2.11. The van der Waals surface area contributed by atoms with Gasteiger partial charge in [-0.1, -0.05) is 0 Å². The molecule has 0 saturated carbocycles. The van der Waals surface area contributed by atoms with Gasteiger partial charge in [0.2, 0.25) is 0 Å². The van der Waals surface area contributed by atoms with Crippen molar-refractivity contribution >= 4 is 6.09 Å². The van der Waals surface area contributed by atoms with Gasteiger partial charge in [-0.3, -0.25) is 0 Å². The molecule has 0 unspecified atom stereocenters. The van der Waals surface area contributed by atoms with Crippen molar-refractivity contribution in [2.24, 2.45) is 11.5 Å². The van der Waals surface area contributed by atoms with Crippen molar-refractivity contribution in [3.63, 3.8) is 0 Å². The summed E-state index contributed by atoms with van der Waals surface area (Å²) in [4.78, 5) is 9.60. The predicted octanol–water partition coefficient (Wildman–Crippen LogP) is 1.40. The van der Waals surface area contributed by atoms with Gasteiger partial charge in [0.25, 0.3) is 0 Å². The minimum Gasteiger partial charge on any atom is -0.450 e. The topological polar surface area (TPSA) is 102 Å². The lowest BCUT2D eigenvalue weighted by atomic mass is 9.98. The Morgan fingerprint density at radius 3 is 2.40 bits per heavy atom. The molecule has 0 aliphatic heterocycles. The van der Waals surface area contributed by atoms with E-state index in [2.05, 4.69) is 16.5 Å². The van der Waals surface area contributed by atoms with Crippen molar-refractivity contribution in [2.75, 3.05) is 6.61 Å². The molecule has 0 aromatic heterocycles. The molecule has 0 heterocycles. The van der Waals surface area contributed by atoms with Gasteiger partial charge >= 0.3 is 6.09 Å². The number of amides is 1. The van der Waals surface area contributed by atoms with Gasteiger partial charge in [0.15, 0.2) is 0 Å². The molecule has 0 spiro atoms. The molecule has 0 aromatic rings. The molecule has 0 aromatic carbocycles. The van der Waals surface area contributed by atoms with Crippen LogP contribution in [0.4, 0.5) is 4.79 Å². The third kappa shape index (κ3) is 6.38. The minimum atomic E-state index is -0.711. The number of nitrogens with two attached hydrogens (primary N) is 2. The smallest absolute Gasteiger partial charge is 0.404 e. The lowest BCUT2D eigenvalue weighted by Gasteiger charge is -2.10. The number of hydrogen-bond donors (Lipinski definition) is 2. The summed E-state index contributed by atoms with van der Waals surface area (Å²) < 4.78 is 4.18. The van der Waals surface area contributed by atoms with Crippen molar-refractivity contribution in [3.05, 3.63) is 11.3 Å². The SMILES string of the molecule is CCOC(N)=O.N#CC1=C(N)CCCC1. The average molecular weight is 211 g/mol. The number of carbonyl (C=O) groups excluding carboxylic acids is 1. The summed E-state index contributed by atoms with van der Waals surface area (Å²) in [6.07, 6.45) is 3.38. The average Bonchev–Trinajstić information content (AvgIpc) is 2.19. The number of hydrogen-bond acceptors (Lipinski definition) is 4. The zero-order valence-electron chi connectivity index (χ0n) is 8.95. The number of ether oxygens (including phenoxy) is 1. The molecule has 4 N–H and O–H groups in total. The quantitative estimate of drug-likeness (QED) is 0.684. The van der Waals surface area contributed by atoms with E-state index in [1.807, 2.05) is 0 Å². The van der Waals surface area contributed by atoms with Crippen molar-refractivity contribution in [1.82, 2.24) is 0 Å². The molecule has 1 rings (SSSR count). The van der Waals surface area contributed by atoms with Crippen molar-refractivity contribution in [2.45, 2.75) is 32.6 Å². The normalized spacial score (nSPS) is 14.7. The summed E-state index contributed by atoms with van der Waals surface area (Å²) in [5, 5.41) is 8.47. The highest BCUT2D eigenvalue weighted by Crippen LogP contribution is 2.19. The molecule has 0 radical (unpaired) electrons. The summed E-state index contributed by atoms with van der Waals surface area (Å²) in [5.74, 6) is 0. The Morgan fingerprint density at radius 1 is 1.53 bits per heavy atom. The second-order valence-electron chi connectivity index (χ2n) is 3.07. The fourth-order valence-electron chi connectivity index (χ4n) is 1.20. The van der Waals surface area contributed by atoms with Gasteiger partial charge in [-0.2, -0.15) is 5.26 Å². The Balaban J connectivity index is 0.000000288. The molecule has 1 aliphatic rings. The van der Waals surface area contributed by atoms with Gasteiger partial charge in [0.1, 0.15) is 0 Å². The third-order valence-electron chi connectivity index (χ3n) is 1.93. The molecule has 1 amide bonds. The van der Waals surface area contributed by atoms with Crippen molar-refractivity contribution in [3.8, 4) is 6.07 Å². The van der Waals surface area contributed by atoms with Gasteiger partial charge in [-0.25, -0.2) is 4.79 Å². The van der Waals surface area contributed by atoms with E-state index in [4.69, 9.17) is 11.0 Å². The highest BCUT2D eigenvalue weighted by atomic mass is 16.5. The van der Waals surface area contributed by atoms with Crippen LogP contribution in [0.2, 0.25) is 0 Å². The Bertz CT molecular complexity index is 279. The van der Waals surface area contributed by atoms with Crippen molar-refractivity contribution in [1.29, 1.82) is 5.26 Å². The van der Waals surface area contributed by atoms with Crippen LogP contribution in [0.25, 0.3) is 0 Å². The van der Waals surface area contributed by atoms with Gasteiger partial charge in [0.05, 0.1) is 12.7 Å². The monoisotopic (exact) mass is 211 g/mol. The standard InChI is InChI=1S/C7H10N2.C3H7NO2/c8-5-6-3-1-2-4-7(6)9;1-2-6-3(4)5/h1-4,9H2;2H2,1H3,(H2,4,5). The Morgan fingerprint density at radius 2 is 2.13 bits per heavy atom. The molecule has 0 atom stereocenters. The molecular formula is C10H17N3O2. The molecule has 0 fully saturated rings. The number of allylic oxidation sites excluding steroid dienone is 2. The predicted molar refractivity (Wildman–Crippen MR) is 56.5 cm³/mol. The molecule has 5 heteroatoms. The lowest BCUT2D eigenvalue weighted by molar-refractivity contribution is 0.163. The first-order valence-electron chi connectivity index (χ1n) is 4.91. The highest BCUT2D eigenvalue weighted by molar-refractivity contribution is 5.64. The first-order chi connectivity index (χ1) is 7.11. The first kappa shape index (κ1) is 13.3. The molecule has 0 bridgehead atoms. The van der Waals surface area contributed by atoms with Gasteiger partial charge in [-0.15, -0.1) is 0 Å². The van der Waals surface area contributed by atoms with Gasteiger partial charge in [-0.05, 0) is 32.6 Å². The number of rotatable bonds is 1. The number of nitrogens with zero attached hydrogens (tertiary/aromatic N) is 1. The maximum absolute atomic E-state index is 9.60. The van der Waals surface area contributed by atoms with Crippen molar-refractivity contribution < 1.29 is 9.53 Å². The van der Waals surface area contributed by atoms with Crippen LogP contribution in [-0.4, -0.2) is 12.7 Å². The summed E-state index contributed by atoms with van der Waals surface area (Å²) in [6, 6.07) is 2.11. The molecular weight excluding hydrogens is 194 g/mol.